The third-order valence-corrected chi connectivity index (χ3v) is 6.47. The van der Waals surface area contributed by atoms with Gasteiger partial charge in [0.05, 0.1) is 0 Å². The Bertz CT molecular complexity index is 1010. The molecule has 2 aliphatic heterocycles. The zero-order valence-corrected chi connectivity index (χ0v) is 18.2. The first kappa shape index (κ1) is 23.4. The average molecular weight is 486 g/mol. The molecule has 2 fully saturated rings. The van der Waals surface area contributed by atoms with E-state index in [1.807, 2.05) is 4.90 Å². The van der Waals surface area contributed by atoms with E-state index in [1.54, 1.807) is 0 Å². The fraction of sp³-hybridized carbons (Fsp3) is 0.476. The lowest BCUT2D eigenvalue weighted by Crippen LogP contribution is -2.41. The molecule has 33 heavy (non-hydrogen) atoms. The largest absolute Gasteiger partial charge is 0.480 e. The van der Waals surface area contributed by atoms with E-state index in [0.29, 0.717) is 36.9 Å². The van der Waals surface area contributed by atoms with E-state index in [1.165, 1.54) is 30.3 Å². The van der Waals surface area contributed by atoms with Crippen LogP contribution in [0.15, 0.2) is 30.3 Å². The molecule has 0 bridgehead atoms. The predicted molar refractivity (Wildman–Crippen MR) is 115 cm³/mol. The summed E-state index contributed by atoms with van der Waals surface area (Å²) in [5, 5.41) is 12.6. The van der Waals surface area contributed by atoms with Crippen LogP contribution in [0, 0.1) is 5.41 Å². The van der Waals surface area contributed by atoms with Crippen molar-refractivity contribution in [1.29, 1.82) is 0 Å². The molecule has 0 radical (unpaired) electrons. The van der Waals surface area contributed by atoms with Gasteiger partial charge in [-0.15, -0.1) is 0 Å². The van der Waals surface area contributed by atoms with E-state index in [0.717, 1.165) is 12.8 Å². The number of anilines is 2. The molecule has 12 heteroatoms. The number of nitrogen functional groups attached to an aromatic ring is 1. The van der Waals surface area contributed by atoms with Crippen LogP contribution in [0.4, 0.5) is 24.9 Å². The second-order valence-corrected chi connectivity index (χ2v) is 8.91. The number of aromatic nitrogens is 2. The van der Waals surface area contributed by atoms with Crippen LogP contribution in [0.1, 0.15) is 30.9 Å². The fourth-order valence-corrected chi connectivity index (χ4v) is 4.54. The van der Waals surface area contributed by atoms with Gasteiger partial charge in [-0.2, -0.15) is 23.1 Å². The van der Waals surface area contributed by atoms with Crippen molar-refractivity contribution in [2.24, 2.45) is 5.41 Å². The van der Waals surface area contributed by atoms with Crippen molar-refractivity contribution in [1.82, 2.24) is 15.3 Å². The first-order chi connectivity index (χ1) is 15.5. The molecule has 4 rings (SSSR count). The van der Waals surface area contributed by atoms with Crippen molar-refractivity contribution in [3.63, 3.8) is 0 Å². The van der Waals surface area contributed by atoms with E-state index in [2.05, 4.69) is 15.3 Å². The molecule has 0 unspecified atom stereocenters. The minimum Gasteiger partial charge on any atom is -0.480 e. The number of nitrogens with two attached hydrogens (primary N) is 1. The molecule has 2 aliphatic rings. The topological polar surface area (TPSA) is 114 Å². The number of halogens is 4. The second kappa shape index (κ2) is 8.86. The molecular formula is C21H23ClF3N5O3. The number of nitrogens with zero attached hydrogens (tertiary/aromatic N) is 3. The lowest BCUT2D eigenvalue weighted by atomic mass is 9.76. The summed E-state index contributed by atoms with van der Waals surface area (Å²) in [6, 6.07) is 5.99. The Hall–Kier alpha value is -2.79. The van der Waals surface area contributed by atoms with Crippen molar-refractivity contribution in [3.8, 4) is 5.88 Å². The van der Waals surface area contributed by atoms with Gasteiger partial charge in [-0.1, -0.05) is 23.7 Å². The molecule has 2 aromatic rings. The molecule has 3 heterocycles. The van der Waals surface area contributed by atoms with E-state index in [-0.39, 0.29) is 22.8 Å². The third-order valence-electron chi connectivity index (χ3n) is 6.22. The van der Waals surface area contributed by atoms with E-state index < -0.39 is 24.3 Å². The van der Waals surface area contributed by atoms with Crippen molar-refractivity contribution in [2.75, 3.05) is 30.3 Å². The van der Waals surface area contributed by atoms with Gasteiger partial charge in [0.15, 0.2) is 0 Å². The normalized spacial score (nSPS) is 21.2. The highest BCUT2D eigenvalue weighted by molar-refractivity contribution is 6.30. The summed E-state index contributed by atoms with van der Waals surface area (Å²) in [7, 11) is 0. The van der Waals surface area contributed by atoms with Crippen molar-refractivity contribution < 1.29 is 27.8 Å². The Morgan fingerprint density at radius 1 is 1.27 bits per heavy atom. The molecule has 1 aromatic heterocycles. The number of nitrogens with one attached hydrogen (secondary N) is 1. The molecule has 0 amide bonds. The molecular weight excluding hydrogens is 463 g/mol. The maximum atomic E-state index is 13.7. The standard InChI is InChI=1S/C21H23ClF3N5O3/c22-13-3-1-12(2-4-13)17(21(23,24)25)33-16-9-15(28-19(26)29-16)30-7-5-20(6-8-30)10-14(18(31)32)27-11-20/h1-4,9,14,17,27H,5-8,10-11H2,(H,31,32)(H2,26,28,29)/t14-,17+/m0/s1. The number of hydrogen-bond acceptors (Lipinski definition) is 7. The Balaban J connectivity index is 1.50. The average Bonchev–Trinajstić information content (AvgIpc) is 3.16. The Labute approximate surface area is 192 Å². The number of carbonyl (C=O) groups is 1. The second-order valence-electron chi connectivity index (χ2n) is 8.48. The van der Waals surface area contributed by atoms with Crippen LogP contribution in [0.2, 0.25) is 5.02 Å². The Kier molecular flexibility index (Phi) is 6.28. The lowest BCUT2D eigenvalue weighted by Gasteiger charge is -2.39. The highest BCUT2D eigenvalue weighted by Crippen LogP contribution is 2.41. The molecule has 2 atom stereocenters. The summed E-state index contributed by atoms with van der Waals surface area (Å²) in [5.41, 5.74) is 5.54. The molecule has 0 aliphatic carbocycles. The van der Waals surface area contributed by atoms with Gasteiger partial charge in [0.25, 0.3) is 0 Å². The quantitative estimate of drug-likeness (QED) is 0.590. The van der Waals surface area contributed by atoms with Gasteiger partial charge in [-0.05, 0) is 36.8 Å². The van der Waals surface area contributed by atoms with E-state index >= 15 is 0 Å². The van der Waals surface area contributed by atoms with Crippen molar-refractivity contribution in [3.05, 3.63) is 40.9 Å². The summed E-state index contributed by atoms with van der Waals surface area (Å²) in [5.74, 6) is -0.985. The van der Waals surface area contributed by atoms with Gasteiger partial charge < -0.3 is 25.8 Å². The third kappa shape index (κ3) is 5.25. The van der Waals surface area contributed by atoms with Gasteiger partial charge in [0, 0.05) is 36.3 Å². The highest BCUT2D eigenvalue weighted by atomic mass is 35.5. The first-order valence-corrected chi connectivity index (χ1v) is 10.8. The van der Waals surface area contributed by atoms with E-state index in [9.17, 15) is 23.1 Å². The fourth-order valence-electron chi connectivity index (χ4n) is 4.42. The van der Waals surface area contributed by atoms with Gasteiger partial charge in [0.1, 0.15) is 11.9 Å². The minimum atomic E-state index is -4.69. The van der Waals surface area contributed by atoms with Gasteiger partial charge in [0.2, 0.25) is 17.9 Å². The number of ether oxygens (including phenoxy) is 1. The molecule has 4 N–H and O–H groups in total. The van der Waals surface area contributed by atoms with Gasteiger partial charge in [-0.3, -0.25) is 4.79 Å². The molecule has 1 spiro atoms. The first-order valence-electron chi connectivity index (χ1n) is 10.4. The number of piperidine rings is 1. The highest BCUT2D eigenvalue weighted by Gasteiger charge is 2.45. The maximum absolute atomic E-state index is 13.7. The van der Waals surface area contributed by atoms with Crippen LogP contribution in [0.3, 0.4) is 0 Å². The molecule has 2 saturated heterocycles. The maximum Gasteiger partial charge on any atom is 0.429 e. The number of alkyl halides is 3. The molecule has 8 nitrogen and oxygen atoms in total. The number of rotatable bonds is 5. The number of benzene rings is 1. The molecule has 178 valence electrons. The zero-order chi connectivity index (χ0) is 23.8. The smallest absolute Gasteiger partial charge is 0.429 e. The SMILES string of the molecule is Nc1nc(O[C@H](c2ccc(Cl)cc2)C(F)(F)F)cc(N2CCC3(CC2)CN[C@H](C(=O)O)C3)n1. The van der Waals surface area contributed by atoms with Gasteiger partial charge in [-0.25, -0.2) is 0 Å². The Morgan fingerprint density at radius 3 is 2.52 bits per heavy atom. The van der Waals surface area contributed by atoms with Crippen LogP contribution in [-0.2, 0) is 4.79 Å². The Morgan fingerprint density at radius 2 is 1.94 bits per heavy atom. The minimum absolute atomic E-state index is 0.118. The summed E-state index contributed by atoms with van der Waals surface area (Å²) < 4.78 is 46.4. The van der Waals surface area contributed by atoms with Gasteiger partial charge >= 0.3 is 12.1 Å². The van der Waals surface area contributed by atoms with Crippen molar-refractivity contribution >= 4 is 29.3 Å². The summed E-state index contributed by atoms with van der Waals surface area (Å²) >= 11 is 5.79. The predicted octanol–water partition coefficient (Wildman–Crippen LogP) is 3.43. The van der Waals surface area contributed by atoms with E-state index in [4.69, 9.17) is 22.1 Å². The molecule has 0 saturated carbocycles. The summed E-state index contributed by atoms with van der Waals surface area (Å²) in [6.07, 6.45) is -4.95. The van der Waals surface area contributed by atoms with Crippen LogP contribution in [0.25, 0.3) is 0 Å². The van der Waals surface area contributed by atoms with Crippen LogP contribution >= 0.6 is 11.6 Å². The number of carboxylic acid groups (broad SMARTS) is 1. The number of aliphatic carboxylic acids is 1. The van der Waals surface area contributed by atoms with Crippen LogP contribution in [0.5, 0.6) is 5.88 Å². The summed E-state index contributed by atoms with van der Waals surface area (Å²) in [6.45, 7) is 1.74. The van der Waals surface area contributed by atoms with Crippen molar-refractivity contribution in [2.45, 2.75) is 37.6 Å². The zero-order valence-electron chi connectivity index (χ0n) is 17.5. The lowest BCUT2D eigenvalue weighted by molar-refractivity contribution is -0.198. The number of hydrogen-bond donors (Lipinski definition) is 3. The number of carboxylic acids is 1. The summed E-state index contributed by atoms with van der Waals surface area (Å²) in [4.78, 5) is 21.2. The van der Waals surface area contributed by atoms with Crippen LogP contribution < -0.4 is 20.7 Å². The molecule has 1 aromatic carbocycles. The monoisotopic (exact) mass is 485 g/mol. The van der Waals surface area contributed by atoms with Crippen LogP contribution in [-0.4, -0.2) is 52.9 Å².